The van der Waals surface area contributed by atoms with Crippen LogP contribution in [-0.4, -0.2) is 142 Å². The Hall–Kier alpha value is -5.84. The van der Waals surface area contributed by atoms with E-state index in [1.165, 1.54) is 9.91 Å². The van der Waals surface area contributed by atoms with Crippen LogP contribution in [0.2, 0.25) is 0 Å². The summed E-state index contributed by atoms with van der Waals surface area (Å²) in [6, 6.07) is 13.0. The molecule has 0 unspecified atom stereocenters. The van der Waals surface area contributed by atoms with Gasteiger partial charge in [0.15, 0.2) is 0 Å². The molecule has 0 radical (unpaired) electrons. The van der Waals surface area contributed by atoms with Gasteiger partial charge < -0.3 is 39.2 Å². The van der Waals surface area contributed by atoms with Crippen LogP contribution < -0.4 is 10.7 Å². The number of nitrogens with one attached hydrogen (secondary N) is 2. The molecule has 382 valence electrons. The highest BCUT2D eigenvalue weighted by molar-refractivity contribution is 5.96. The van der Waals surface area contributed by atoms with Gasteiger partial charge in [0.2, 0.25) is 17.7 Å². The van der Waals surface area contributed by atoms with Crippen molar-refractivity contribution in [2.45, 2.75) is 130 Å². The van der Waals surface area contributed by atoms with E-state index in [0.29, 0.717) is 70.0 Å². The first-order valence-electron chi connectivity index (χ1n) is 25.7. The number of carbonyl (C=O) groups excluding carboxylic acids is 5. The Bertz CT molecular complexity index is 2630. The zero-order chi connectivity index (χ0) is 50.7. The van der Waals surface area contributed by atoms with E-state index in [2.05, 4.69) is 66.2 Å². The largest absolute Gasteiger partial charge is 0.508 e. The smallest absolute Gasteiger partial charge is 0.324 e. The van der Waals surface area contributed by atoms with Crippen molar-refractivity contribution < 1.29 is 38.6 Å². The van der Waals surface area contributed by atoms with Crippen LogP contribution in [-0.2, 0) is 59.4 Å². The second kappa shape index (κ2) is 21.9. The summed E-state index contributed by atoms with van der Waals surface area (Å²) in [7, 11) is 5.38. The number of phenols is 1. The summed E-state index contributed by atoms with van der Waals surface area (Å²) in [5.74, 6) is -2.41. The number of phenolic OH excluding ortho intramolecular Hbond substituents is 1. The molecule has 3 N–H and O–H groups in total. The number of methoxy groups -OCH3 is 1. The highest BCUT2D eigenvalue weighted by atomic mass is 16.5. The lowest BCUT2D eigenvalue weighted by Gasteiger charge is -2.37. The summed E-state index contributed by atoms with van der Waals surface area (Å²) in [6.45, 7) is 13.2. The first kappa shape index (κ1) is 51.5. The lowest BCUT2D eigenvalue weighted by Crippen LogP contribution is -2.62. The number of likely N-dealkylation sites (tertiary alicyclic amines) is 2. The third kappa shape index (κ3) is 11.3. The Labute approximate surface area is 418 Å². The SMILES string of the molecule is CCn1c(-c2cccnc2COC)c2c3cc(ccc31)-c1cc(O)cc(c1)C[C@H](NC(=O)[C@H](C(C)C)N(C)C(=O)[C@H]1CCN(C(=O)CC[C@H]3CCCN3C)C1)C(=O)N1CCC[C@H](N1)C(=O)OCC(C)(C)C2. The molecule has 5 atom stereocenters. The standard InChI is InChI=1S/C55H74N8O8/c1-9-62-47-18-16-36-29-42(47)43(50(62)41-14-10-21-56-46(41)32-70-8)30-55(4,5)33-71-54(69)44-15-12-23-63(58-44)53(68)45(27-35-25-38(36)28-40(64)26-35)57-51(66)49(34(2)3)60(7)52(67)37-20-24-61(31-37)48(65)19-17-39-13-11-22-59(39)6/h10,14,16,18,21,25-26,28-29,34,37,39,44-45,49,58,64H,9,11-13,15,17,19-20,22-24,27,30-33H2,1-8H3,(H,57,66)/t37-,39+,44-,45-,49-/m0/s1. The number of ether oxygens (including phenoxy) is 2. The molecule has 2 aromatic carbocycles. The third-order valence-corrected chi connectivity index (χ3v) is 15.2. The molecule has 4 aliphatic heterocycles. The molecule has 8 rings (SSSR count). The second-order valence-electron chi connectivity index (χ2n) is 21.4. The zero-order valence-corrected chi connectivity index (χ0v) is 43.0. The number of hydrogen-bond donors (Lipinski definition) is 3. The lowest BCUT2D eigenvalue weighted by atomic mass is 9.84. The minimum Gasteiger partial charge on any atom is -0.508 e. The van der Waals surface area contributed by atoms with E-state index in [-0.39, 0.29) is 43.1 Å². The van der Waals surface area contributed by atoms with Gasteiger partial charge in [-0.05, 0) is 130 Å². The van der Waals surface area contributed by atoms with E-state index in [9.17, 15) is 29.1 Å². The molecule has 0 spiro atoms. The van der Waals surface area contributed by atoms with E-state index < -0.39 is 47.2 Å². The van der Waals surface area contributed by atoms with Crippen LogP contribution >= 0.6 is 0 Å². The Morgan fingerprint density at radius 1 is 1.03 bits per heavy atom. The summed E-state index contributed by atoms with van der Waals surface area (Å²) >= 11 is 0. The van der Waals surface area contributed by atoms with Gasteiger partial charge in [-0.1, -0.05) is 39.8 Å². The lowest BCUT2D eigenvalue weighted by molar-refractivity contribution is -0.155. The molecule has 0 aliphatic carbocycles. The van der Waals surface area contributed by atoms with Crippen LogP contribution in [0, 0.1) is 17.3 Å². The Morgan fingerprint density at radius 3 is 2.55 bits per heavy atom. The van der Waals surface area contributed by atoms with Crippen molar-refractivity contribution in [3.05, 3.63) is 71.5 Å². The van der Waals surface area contributed by atoms with Gasteiger partial charge in [-0.25, -0.2) is 5.43 Å². The molecule has 4 aliphatic rings. The first-order valence-corrected chi connectivity index (χ1v) is 25.7. The van der Waals surface area contributed by atoms with Crippen molar-refractivity contribution in [1.29, 1.82) is 0 Å². The number of rotatable bonds is 12. The van der Waals surface area contributed by atoms with Gasteiger partial charge in [0.25, 0.3) is 5.91 Å². The maximum atomic E-state index is 14.8. The van der Waals surface area contributed by atoms with Gasteiger partial charge in [-0.3, -0.25) is 34.0 Å². The number of aromatic nitrogens is 2. The van der Waals surface area contributed by atoms with Crippen LogP contribution in [0.15, 0.2) is 54.7 Å². The van der Waals surface area contributed by atoms with Crippen molar-refractivity contribution in [3.8, 4) is 28.1 Å². The van der Waals surface area contributed by atoms with Gasteiger partial charge in [0.1, 0.15) is 23.9 Å². The number of cyclic esters (lactones) is 1. The van der Waals surface area contributed by atoms with Gasteiger partial charge in [-0.15, -0.1) is 0 Å². The van der Waals surface area contributed by atoms with E-state index in [4.69, 9.17) is 14.5 Å². The first-order chi connectivity index (χ1) is 34.0. The molecule has 6 bridgehead atoms. The number of esters is 1. The Morgan fingerprint density at radius 2 is 1.82 bits per heavy atom. The van der Waals surface area contributed by atoms with E-state index in [1.807, 2.05) is 32.0 Å². The Balaban J connectivity index is 1.11. The highest BCUT2D eigenvalue weighted by Crippen LogP contribution is 2.41. The van der Waals surface area contributed by atoms with E-state index in [0.717, 1.165) is 70.4 Å². The average molecular weight is 975 g/mol. The van der Waals surface area contributed by atoms with Crippen LogP contribution in [0.4, 0.5) is 0 Å². The van der Waals surface area contributed by atoms with Gasteiger partial charge in [-0.2, -0.15) is 0 Å². The molecule has 4 amide bonds. The second-order valence-corrected chi connectivity index (χ2v) is 21.4. The summed E-state index contributed by atoms with van der Waals surface area (Å²) in [4.78, 5) is 81.3. The van der Waals surface area contributed by atoms with Gasteiger partial charge in [0, 0.05) is 87.3 Å². The molecular weight excluding hydrogens is 901 g/mol. The van der Waals surface area contributed by atoms with Crippen LogP contribution in [0.1, 0.15) is 96.4 Å². The van der Waals surface area contributed by atoms with Gasteiger partial charge in [0.05, 0.1) is 30.5 Å². The number of hydrogen-bond acceptors (Lipinski definition) is 11. The monoisotopic (exact) mass is 975 g/mol. The molecule has 3 saturated heterocycles. The minimum absolute atomic E-state index is 0.000581. The Kier molecular flexibility index (Phi) is 15.9. The summed E-state index contributed by atoms with van der Waals surface area (Å²) in [6.07, 6.45) is 7.26. The predicted octanol–water partition coefficient (Wildman–Crippen LogP) is 6.10. The summed E-state index contributed by atoms with van der Waals surface area (Å²) in [5.41, 5.74) is 9.62. The highest BCUT2D eigenvalue weighted by Gasteiger charge is 2.41. The van der Waals surface area contributed by atoms with E-state index >= 15 is 0 Å². The molecule has 16 heteroatoms. The molecule has 16 nitrogen and oxygen atoms in total. The van der Waals surface area contributed by atoms with Crippen molar-refractivity contribution in [2.75, 3.05) is 54.0 Å². The number of likely N-dealkylation sites (N-methyl/N-ethyl adjacent to an activating group) is 1. The fourth-order valence-corrected chi connectivity index (χ4v) is 11.5. The van der Waals surface area contributed by atoms with Crippen molar-refractivity contribution >= 4 is 40.5 Å². The normalized spacial score (nSPS) is 22.4. The number of nitrogens with zero attached hydrogens (tertiary/aromatic N) is 6. The van der Waals surface area contributed by atoms with Crippen LogP contribution in [0.25, 0.3) is 33.3 Å². The number of carbonyl (C=O) groups is 5. The maximum Gasteiger partial charge on any atom is 0.324 e. The predicted molar refractivity (Wildman–Crippen MR) is 272 cm³/mol. The number of aromatic hydroxyl groups is 1. The number of benzene rings is 2. The zero-order valence-electron chi connectivity index (χ0n) is 43.0. The molecular formula is C55H74N8O8. The molecule has 71 heavy (non-hydrogen) atoms. The number of hydrazine groups is 1. The molecule has 2 aromatic heterocycles. The summed E-state index contributed by atoms with van der Waals surface area (Å²) in [5, 5.41) is 16.8. The number of fused-ring (bicyclic) bond motifs is 6. The maximum absolute atomic E-state index is 14.8. The molecule has 0 saturated carbocycles. The van der Waals surface area contributed by atoms with Crippen LogP contribution in [0.3, 0.4) is 0 Å². The fourth-order valence-electron chi connectivity index (χ4n) is 11.5. The van der Waals surface area contributed by atoms with Crippen molar-refractivity contribution in [1.82, 2.24) is 40.0 Å². The van der Waals surface area contributed by atoms with Crippen molar-refractivity contribution in [2.24, 2.45) is 17.3 Å². The van der Waals surface area contributed by atoms with Crippen LogP contribution in [0.5, 0.6) is 5.75 Å². The number of pyridine rings is 1. The average Bonchev–Trinajstić information content (AvgIpc) is 4.09. The minimum atomic E-state index is -1.16. The van der Waals surface area contributed by atoms with Crippen molar-refractivity contribution in [3.63, 3.8) is 0 Å². The van der Waals surface area contributed by atoms with Gasteiger partial charge >= 0.3 is 5.97 Å². The summed E-state index contributed by atoms with van der Waals surface area (Å²) < 4.78 is 14.0. The third-order valence-electron chi connectivity index (χ3n) is 15.2. The number of aryl methyl sites for hydroxylation is 1. The van der Waals surface area contributed by atoms with E-state index in [1.54, 1.807) is 37.4 Å². The quantitative estimate of drug-likeness (QED) is 0.140. The molecule has 4 aromatic rings. The molecule has 3 fully saturated rings. The molecule has 6 heterocycles. The topological polar surface area (TPSA) is 179 Å². The number of amides is 4. The fraction of sp³-hybridized carbons (Fsp3) is 0.564.